The molecule has 0 bridgehead atoms. The van der Waals surface area contributed by atoms with E-state index >= 15 is 0 Å². The molecule has 1 aliphatic rings. The average Bonchev–Trinajstić information content (AvgIpc) is 3.49. The van der Waals surface area contributed by atoms with Gasteiger partial charge < -0.3 is 18.8 Å². The molecule has 0 radical (unpaired) electrons. The average molecular weight is 580 g/mol. The van der Waals surface area contributed by atoms with Crippen LogP contribution in [0.2, 0.25) is 15.1 Å². The van der Waals surface area contributed by atoms with Crippen LogP contribution in [0.5, 0.6) is 5.75 Å². The Morgan fingerprint density at radius 3 is 2.56 bits per heavy atom. The number of carboxylic acid groups (broad SMARTS) is 1. The van der Waals surface area contributed by atoms with Gasteiger partial charge in [0.15, 0.2) is 12.0 Å². The molecule has 0 spiro atoms. The zero-order valence-electron chi connectivity index (χ0n) is 20.0. The van der Waals surface area contributed by atoms with E-state index in [1.807, 2.05) is 0 Å². The molecule has 0 unspecified atom stereocenters. The van der Waals surface area contributed by atoms with E-state index in [4.69, 9.17) is 48.5 Å². The Bertz CT molecular complexity index is 1790. The Morgan fingerprint density at radius 1 is 1.05 bits per heavy atom. The van der Waals surface area contributed by atoms with E-state index in [0.29, 0.717) is 54.6 Å². The summed E-state index contributed by atoms with van der Waals surface area (Å²) in [6, 6.07) is 13.5. The topological polar surface area (TPSA) is 98.6 Å². The highest BCUT2D eigenvalue weighted by atomic mass is 35.5. The van der Waals surface area contributed by atoms with Crippen LogP contribution in [0.25, 0.3) is 22.4 Å². The SMILES string of the molecule is O=C(O)c1cc(C#Cc2ccc(OCc3c(-c4c(Cl)cccc4Cl)noc3C3CC3)cc2Cl)cc2ncoc12. The maximum Gasteiger partial charge on any atom is 0.339 e. The second-order valence-corrected chi connectivity index (χ2v) is 10.2. The van der Waals surface area contributed by atoms with Crippen LogP contribution in [0.15, 0.2) is 63.9 Å². The minimum atomic E-state index is -1.13. The minimum Gasteiger partial charge on any atom is -0.489 e. The number of fused-ring (bicyclic) bond motifs is 1. The Balaban J connectivity index is 1.25. The van der Waals surface area contributed by atoms with Crippen molar-refractivity contribution in [2.45, 2.75) is 25.4 Å². The van der Waals surface area contributed by atoms with Gasteiger partial charge in [-0.05, 0) is 49.2 Å². The summed E-state index contributed by atoms with van der Waals surface area (Å²) in [5, 5.41) is 15.1. The van der Waals surface area contributed by atoms with Crippen molar-refractivity contribution in [3.63, 3.8) is 0 Å². The summed E-state index contributed by atoms with van der Waals surface area (Å²) in [6.07, 6.45) is 3.24. The second kappa shape index (κ2) is 10.3. The van der Waals surface area contributed by atoms with Crippen molar-refractivity contribution >= 4 is 51.9 Å². The summed E-state index contributed by atoms with van der Waals surface area (Å²) in [5.74, 6) is 6.41. The first kappa shape index (κ1) is 25.3. The van der Waals surface area contributed by atoms with Crippen LogP contribution in [0.4, 0.5) is 0 Å². The summed E-state index contributed by atoms with van der Waals surface area (Å²) in [4.78, 5) is 15.6. The Hall–Kier alpha value is -3.96. The van der Waals surface area contributed by atoms with Crippen LogP contribution < -0.4 is 4.74 Å². The molecule has 1 fully saturated rings. The summed E-state index contributed by atoms with van der Waals surface area (Å²) in [5.41, 5.74) is 3.57. The molecule has 6 rings (SSSR count). The van der Waals surface area contributed by atoms with Gasteiger partial charge in [-0.3, -0.25) is 0 Å². The summed E-state index contributed by atoms with van der Waals surface area (Å²) < 4.78 is 17.0. The largest absolute Gasteiger partial charge is 0.489 e. The molecule has 39 heavy (non-hydrogen) atoms. The number of carbonyl (C=O) groups is 1. The summed E-state index contributed by atoms with van der Waals surface area (Å²) >= 11 is 19.4. The van der Waals surface area contributed by atoms with E-state index in [2.05, 4.69) is 22.0 Å². The minimum absolute atomic E-state index is 0.0131. The lowest BCUT2D eigenvalue weighted by Crippen LogP contribution is -2.00. The van der Waals surface area contributed by atoms with Crippen molar-refractivity contribution in [1.29, 1.82) is 0 Å². The van der Waals surface area contributed by atoms with Crippen molar-refractivity contribution in [3.8, 4) is 28.8 Å². The Kier molecular flexibility index (Phi) is 6.69. The molecule has 194 valence electrons. The molecule has 1 N–H and O–H groups in total. The number of hydrogen-bond donors (Lipinski definition) is 1. The number of nitrogens with zero attached hydrogens (tertiary/aromatic N) is 2. The number of benzene rings is 3. The van der Waals surface area contributed by atoms with Crippen LogP contribution in [0, 0.1) is 11.8 Å². The monoisotopic (exact) mass is 578 g/mol. The molecule has 0 atom stereocenters. The fourth-order valence-corrected chi connectivity index (χ4v) is 5.02. The molecule has 2 aromatic heterocycles. The second-order valence-electron chi connectivity index (χ2n) is 8.95. The van der Waals surface area contributed by atoms with Gasteiger partial charge in [0, 0.05) is 28.7 Å². The molecule has 1 saturated carbocycles. The summed E-state index contributed by atoms with van der Waals surface area (Å²) in [7, 11) is 0. The van der Waals surface area contributed by atoms with Crippen molar-refractivity contribution in [2.24, 2.45) is 0 Å². The third-order valence-electron chi connectivity index (χ3n) is 6.29. The molecule has 10 heteroatoms. The fraction of sp³-hybridized carbons (Fsp3) is 0.138. The van der Waals surface area contributed by atoms with E-state index in [-0.39, 0.29) is 17.8 Å². The van der Waals surface area contributed by atoms with Crippen LogP contribution in [-0.4, -0.2) is 21.2 Å². The van der Waals surface area contributed by atoms with E-state index in [0.717, 1.165) is 24.2 Å². The predicted octanol–water partition coefficient (Wildman–Crippen LogP) is 8.00. The molecule has 7 nitrogen and oxygen atoms in total. The Labute approximate surface area is 237 Å². The maximum absolute atomic E-state index is 11.6. The Morgan fingerprint density at radius 2 is 1.85 bits per heavy atom. The number of carboxylic acids is 1. The van der Waals surface area contributed by atoms with Crippen molar-refractivity contribution in [2.75, 3.05) is 0 Å². The predicted molar refractivity (Wildman–Crippen MR) is 147 cm³/mol. The molecule has 1 aliphatic carbocycles. The number of aromatic nitrogens is 2. The number of ether oxygens (including phenoxy) is 1. The first-order chi connectivity index (χ1) is 18.9. The highest BCUT2D eigenvalue weighted by Gasteiger charge is 2.33. The normalized spacial score (nSPS) is 12.8. The molecular formula is C29H17Cl3N2O5. The van der Waals surface area contributed by atoms with E-state index in [1.165, 1.54) is 12.5 Å². The van der Waals surface area contributed by atoms with Crippen LogP contribution in [0.1, 0.15) is 51.6 Å². The number of rotatable bonds is 6. The maximum atomic E-state index is 11.6. The standard InChI is InChI=1S/C29H17Cl3N2O5/c30-21-2-1-3-22(31)25(21)26-20(27(39-34-26)17-6-7-17)13-37-18-9-8-16(23(32)12-18)5-4-15-10-19(29(35)36)28-24(11-15)33-14-38-28/h1-3,8-12,14,17H,6-7,13H2,(H,35,36). The molecule has 2 heterocycles. The van der Waals surface area contributed by atoms with E-state index in [9.17, 15) is 9.90 Å². The van der Waals surface area contributed by atoms with Gasteiger partial charge >= 0.3 is 5.97 Å². The van der Waals surface area contributed by atoms with Crippen LogP contribution >= 0.6 is 34.8 Å². The van der Waals surface area contributed by atoms with Gasteiger partial charge in [-0.1, -0.05) is 57.9 Å². The van der Waals surface area contributed by atoms with Crippen molar-refractivity contribution in [3.05, 3.63) is 98.0 Å². The molecular weight excluding hydrogens is 563 g/mol. The van der Waals surface area contributed by atoms with E-state index < -0.39 is 5.97 Å². The first-order valence-corrected chi connectivity index (χ1v) is 13.0. The molecule has 3 aromatic carbocycles. The zero-order chi connectivity index (χ0) is 27.1. The lowest BCUT2D eigenvalue weighted by Gasteiger charge is -2.10. The smallest absolute Gasteiger partial charge is 0.339 e. The van der Waals surface area contributed by atoms with Gasteiger partial charge in [0.1, 0.15) is 34.9 Å². The third kappa shape index (κ3) is 5.07. The van der Waals surface area contributed by atoms with Gasteiger partial charge in [-0.15, -0.1) is 0 Å². The number of oxazole rings is 1. The lowest BCUT2D eigenvalue weighted by molar-refractivity contribution is 0.0697. The van der Waals surface area contributed by atoms with Crippen molar-refractivity contribution < 1.29 is 23.6 Å². The summed E-state index contributed by atoms with van der Waals surface area (Å²) in [6.45, 7) is 0.184. The van der Waals surface area contributed by atoms with Gasteiger partial charge in [0.05, 0.1) is 20.6 Å². The number of aromatic carboxylic acids is 1. The van der Waals surface area contributed by atoms with Crippen LogP contribution in [0.3, 0.4) is 0 Å². The molecule has 5 aromatic rings. The molecule has 0 saturated heterocycles. The number of hydrogen-bond acceptors (Lipinski definition) is 6. The van der Waals surface area contributed by atoms with E-state index in [1.54, 1.807) is 42.5 Å². The van der Waals surface area contributed by atoms with Gasteiger partial charge in [-0.25, -0.2) is 9.78 Å². The molecule has 0 aliphatic heterocycles. The van der Waals surface area contributed by atoms with Gasteiger partial charge in [-0.2, -0.15) is 0 Å². The quantitative estimate of drug-likeness (QED) is 0.204. The van der Waals surface area contributed by atoms with Crippen molar-refractivity contribution in [1.82, 2.24) is 10.1 Å². The lowest BCUT2D eigenvalue weighted by atomic mass is 10.0. The highest BCUT2D eigenvalue weighted by molar-refractivity contribution is 6.39. The number of halogens is 3. The van der Waals surface area contributed by atoms with Gasteiger partial charge in [0.25, 0.3) is 0 Å². The van der Waals surface area contributed by atoms with Gasteiger partial charge in [0.2, 0.25) is 0 Å². The third-order valence-corrected chi connectivity index (χ3v) is 7.24. The fourth-order valence-electron chi connectivity index (χ4n) is 4.23. The molecule has 0 amide bonds. The highest BCUT2D eigenvalue weighted by Crippen LogP contribution is 2.46. The first-order valence-electron chi connectivity index (χ1n) is 11.9. The van der Waals surface area contributed by atoms with Crippen LogP contribution in [-0.2, 0) is 6.61 Å². The zero-order valence-corrected chi connectivity index (χ0v) is 22.3.